The monoisotopic (exact) mass is 264 g/mol. The number of hydrogen-bond acceptors (Lipinski definition) is 4. The van der Waals surface area contributed by atoms with Crippen LogP contribution < -0.4 is 11.5 Å². The molecule has 0 aliphatic carbocycles. The molecule has 2 aromatic carbocycles. The summed E-state index contributed by atoms with van der Waals surface area (Å²) in [5, 5.41) is -0.449. The molecule has 18 heavy (non-hydrogen) atoms. The molecule has 0 radical (unpaired) electrons. The highest BCUT2D eigenvalue weighted by atomic mass is 32.2. The molecule has 2 aromatic rings. The van der Waals surface area contributed by atoms with Crippen molar-refractivity contribution in [3.63, 3.8) is 0 Å². The third-order valence-corrected chi connectivity index (χ3v) is 4.54. The van der Waals surface area contributed by atoms with Gasteiger partial charge in [-0.3, -0.25) is 4.79 Å². The van der Waals surface area contributed by atoms with E-state index in [1.54, 1.807) is 36.4 Å². The van der Waals surface area contributed by atoms with Crippen LogP contribution in [0.15, 0.2) is 47.4 Å². The summed E-state index contributed by atoms with van der Waals surface area (Å²) in [7, 11) is -3.96. The zero-order chi connectivity index (χ0) is 13.3. The molecule has 1 amide bonds. The Labute approximate surface area is 104 Å². The molecule has 0 saturated carbocycles. The molecule has 5 nitrogen and oxygen atoms in total. The fourth-order valence-electron chi connectivity index (χ4n) is 1.73. The van der Waals surface area contributed by atoms with Gasteiger partial charge in [-0.15, -0.1) is 0 Å². The Morgan fingerprint density at radius 1 is 1.06 bits per heavy atom. The van der Waals surface area contributed by atoms with Gasteiger partial charge in [-0.25, -0.2) is 8.42 Å². The molecular formula is C12H12N2O3S. The minimum Gasteiger partial charge on any atom is -0.367 e. The molecule has 6 heteroatoms. The molecule has 0 aromatic heterocycles. The lowest BCUT2D eigenvalue weighted by atomic mass is 10.1. The summed E-state index contributed by atoms with van der Waals surface area (Å²) in [6, 6.07) is 11.8. The van der Waals surface area contributed by atoms with E-state index in [0.717, 1.165) is 5.39 Å². The molecule has 0 aliphatic rings. The molecule has 0 aliphatic heterocycles. The second-order valence-electron chi connectivity index (χ2n) is 3.85. The molecular weight excluding hydrogens is 252 g/mol. The first-order valence-electron chi connectivity index (χ1n) is 5.21. The number of nitrogens with two attached hydrogens (primary N) is 2. The van der Waals surface area contributed by atoms with Crippen LogP contribution in [0.2, 0.25) is 0 Å². The first-order valence-corrected chi connectivity index (χ1v) is 6.76. The predicted molar refractivity (Wildman–Crippen MR) is 68.3 cm³/mol. The Hall–Kier alpha value is -1.92. The number of carbonyl (C=O) groups is 1. The van der Waals surface area contributed by atoms with E-state index in [1.807, 2.05) is 0 Å². The summed E-state index contributed by atoms with van der Waals surface area (Å²) in [5.41, 5.74) is 10.3. The van der Waals surface area contributed by atoms with Gasteiger partial charge in [0.25, 0.3) is 0 Å². The average molecular weight is 264 g/mol. The first-order chi connectivity index (χ1) is 8.44. The van der Waals surface area contributed by atoms with Crippen LogP contribution in [-0.2, 0) is 14.6 Å². The summed E-state index contributed by atoms with van der Waals surface area (Å²) in [4.78, 5) is 11.0. The Morgan fingerprint density at radius 2 is 1.67 bits per heavy atom. The van der Waals surface area contributed by atoms with Gasteiger partial charge in [0, 0.05) is 5.39 Å². The molecule has 0 spiro atoms. The molecule has 1 unspecified atom stereocenters. The Balaban J connectivity index is 2.72. The normalized spacial score (nSPS) is 13.4. The largest absolute Gasteiger partial charge is 0.367 e. The fourth-order valence-corrected chi connectivity index (χ4v) is 3.07. The number of amides is 1. The van der Waals surface area contributed by atoms with E-state index in [1.165, 1.54) is 6.07 Å². The number of benzene rings is 2. The quantitative estimate of drug-likeness (QED) is 0.836. The van der Waals surface area contributed by atoms with Crippen LogP contribution in [0.5, 0.6) is 0 Å². The topological polar surface area (TPSA) is 103 Å². The van der Waals surface area contributed by atoms with Crippen LogP contribution in [0.4, 0.5) is 0 Å². The van der Waals surface area contributed by atoms with Crippen molar-refractivity contribution in [3.8, 4) is 0 Å². The average Bonchev–Trinajstić information content (AvgIpc) is 2.36. The summed E-state index contributed by atoms with van der Waals surface area (Å²) < 4.78 is 24.3. The van der Waals surface area contributed by atoms with Crippen LogP contribution in [0.3, 0.4) is 0 Å². The van der Waals surface area contributed by atoms with Gasteiger partial charge < -0.3 is 11.5 Å². The molecule has 0 fully saturated rings. The first kappa shape index (κ1) is 12.5. The Morgan fingerprint density at radius 3 is 2.33 bits per heavy atom. The molecule has 0 bridgehead atoms. The second-order valence-corrected chi connectivity index (χ2v) is 5.88. The van der Waals surface area contributed by atoms with Gasteiger partial charge in [-0.2, -0.15) is 0 Å². The van der Waals surface area contributed by atoms with E-state index in [-0.39, 0.29) is 4.90 Å². The predicted octanol–water partition coefficient (Wildman–Crippen LogP) is 0.384. The van der Waals surface area contributed by atoms with Gasteiger partial charge in [0.05, 0.1) is 4.90 Å². The van der Waals surface area contributed by atoms with Crippen molar-refractivity contribution in [3.05, 3.63) is 42.5 Å². The number of carbonyl (C=O) groups excluding carboxylic acids is 1. The third-order valence-electron chi connectivity index (χ3n) is 2.67. The van der Waals surface area contributed by atoms with Gasteiger partial charge in [0.15, 0.2) is 5.37 Å². The van der Waals surface area contributed by atoms with Gasteiger partial charge in [-0.05, 0) is 11.5 Å². The van der Waals surface area contributed by atoms with E-state index in [0.29, 0.717) is 5.39 Å². The Bertz CT molecular complexity index is 705. The summed E-state index contributed by atoms with van der Waals surface area (Å²) in [6.45, 7) is 0. The Kier molecular flexibility index (Phi) is 3.06. The van der Waals surface area contributed by atoms with Crippen molar-refractivity contribution in [2.24, 2.45) is 11.5 Å². The molecule has 2 rings (SSSR count). The van der Waals surface area contributed by atoms with Gasteiger partial charge in [-0.1, -0.05) is 36.4 Å². The molecule has 94 valence electrons. The van der Waals surface area contributed by atoms with Crippen LogP contribution in [0.1, 0.15) is 0 Å². The zero-order valence-corrected chi connectivity index (χ0v) is 10.2. The van der Waals surface area contributed by atoms with E-state index in [9.17, 15) is 13.2 Å². The molecule has 0 saturated heterocycles. The summed E-state index contributed by atoms with van der Waals surface area (Å²) >= 11 is 0. The van der Waals surface area contributed by atoms with Crippen LogP contribution in [0, 0.1) is 0 Å². The second kappa shape index (κ2) is 4.40. The van der Waals surface area contributed by atoms with Gasteiger partial charge >= 0.3 is 0 Å². The van der Waals surface area contributed by atoms with Crippen LogP contribution in [-0.4, -0.2) is 19.7 Å². The summed E-state index contributed by atoms with van der Waals surface area (Å²) in [5.74, 6) is -1.07. The van der Waals surface area contributed by atoms with Crippen molar-refractivity contribution >= 4 is 26.5 Å². The standard InChI is InChI=1S/C12H12N2O3S/c13-11(15)12(14)18(16,17)10-7-3-5-8-4-1-2-6-9(8)10/h1-7,12H,14H2,(H2,13,15). The lowest BCUT2D eigenvalue weighted by Crippen LogP contribution is -2.43. The highest BCUT2D eigenvalue weighted by Crippen LogP contribution is 2.24. The van der Waals surface area contributed by atoms with Gasteiger partial charge in [0.1, 0.15) is 0 Å². The van der Waals surface area contributed by atoms with Crippen molar-refractivity contribution < 1.29 is 13.2 Å². The maximum absolute atomic E-state index is 12.2. The van der Waals surface area contributed by atoms with Crippen LogP contribution in [0.25, 0.3) is 10.8 Å². The smallest absolute Gasteiger partial charge is 0.250 e. The number of fused-ring (bicyclic) bond motifs is 1. The molecule has 1 atom stereocenters. The van der Waals surface area contributed by atoms with Crippen molar-refractivity contribution in [2.75, 3.05) is 0 Å². The summed E-state index contributed by atoms with van der Waals surface area (Å²) in [6.07, 6.45) is 0. The maximum Gasteiger partial charge on any atom is 0.250 e. The number of rotatable bonds is 3. The SMILES string of the molecule is NC(=O)C(N)S(=O)(=O)c1cccc2ccccc12. The number of hydrogen-bond donors (Lipinski definition) is 2. The van der Waals surface area contributed by atoms with E-state index >= 15 is 0 Å². The van der Waals surface area contributed by atoms with Crippen molar-refractivity contribution in [1.82, 2.24) is 0 Å². The van der Waals surface area contributed by atoms with Gasteiger partial charge in [0.2, 0.25) is 15.7 Å². The highest BCUT2D eigenvalue weighted by molar-refractivity contribution is 7.93. The fraction of sp³-hybridized carbons (Fsp3) is 0.0833. The van der Waals surface area contributed by atoms with E-state index in [2.05, 4.69) is 0 Å². The lowest BCUT2D eigenvalue weighted by molar-refractivity contribution is -0.117. The third kappa shape index (κ3) is 1.96. The van der Waals surface area contributed by atoms with Crippen LogP contribution >= 0.6 is 0 Å². The number of sulfone groups is 1. The van der Waals surface area contributed by atoms with E-state index < -0.39 is 21.1 Å². The van der Waals surface area contributed by atoms with Crippen molar-refractivity contribution in [2.45, 2.75) is 10.3 Å². The molecule has 4 N–H and O–H groups in total. The van der Waals surface area contributed by atoms with E-state index in [4.69, 9.17) is 11.5 Å². The zero-order valence-electron chi connectivity index (χ0n) is 9.41. The molecule has 0 heterocycles. The minimum absolute atomic E-state index is 0.0203. The highest BCUT2D eigenvalue weighted by Gasteiger charge is 2.29. The maximum atomic E-state index is 12.2. The minimum atomic E-state index is -3.96. The number of primary amides is 1. The van der Waals surface area contributed by atoms with Crippen molar-refractivity contribution in [1.29, 1.82) is 0 Å². The lowest BCUT2D eigenvalue weighted by Gasteiger charge is -2.11.